The van der Waals surface area contributed by atoms with Crippen LogP contribution in [0, 0.1) is 12.7 Å². The van der Waals surface area contributed by atoms with Gasteiger partial charge >= 0.3 is 0 Å². The Morgan fingerprint density at radius 3 is 2.93 bits per heavy atom. The van der Waals surface area contributed by atoms with Gasteiger partial charge in [0.05, 0.1) is 5.52 Å². The molecule has 68 valence electrons. The molecule has 1 aromatic carbocycles. The summed E-state index contributed by atoms with van der Waals surface area (Å²) in [6, 6.07) is 2.58. The monoisotopic (exact) mass is 188 g/mol. The predicted octanol–water partition coefficient (Wildman–Crippen LogP) is 0.164. The summed E-state index contributed by atoms with van der Waals surface area (Å²) >= 11 is 0. The second-order valence-corrected chi connectivity index (χ2v) is 3.05. The van der Waals surface area contributed by atoms with Gasteiger partial charge in [-0.2, -0.15) is 0 Å². The van der Waals surface area contributed by atoms with Gasteiger partial charge in [0.15, 0.2) is 0 Å². The van der Waals surface area contributed by atoms with Crippen LogP contribution in [0.3, 0.4) is 0 Å². The van der Waals surface area contributed by atoms with E-state index in [0.717, 1.165) is 6.07 Å². The van der Waals surface area contributed by atoms with Crippen molar-refractivity contribution in [1.82, 2.24) is 9.97 Å². The van der Waals surface area contributed by atoms with Crippen LogP contribution >= 0.6 is 0 Å². The highest BCUT2D eigenvalue weighted by molar-refractivity contribution is 6.33. The van der Waals surface area contributed by atoms with E-state index in [0.29, 0.717) is 5.82 Å². The predicted molar refractivity (Wildman–Crippen MR) is 52.4 cm³/mol. The van der Waals surface area contributed by atoms with Gasteiger partial charge in [-0.05, 0) is 19.1 Å². The largest absolute Gasteiger partial charge is 0.310 e. The lowest BCUT2D eigenvalue weighted by molar-refractivity contribution is 0.639. The molecule has 0 unspecified atom stereocenters. The number of benzene rings is 1. The van der Waals surface area contributed by atoms with Gasteiger partial charge < -0.3 is 4.98 Å². The molecule has 0 spiro atoms. The quantitative estimate of drug-likeness (QED) is 0.598. The fraction of sp³-hybridized carbons (Fsp3) is 0.111. The fourth-order valence-corrected chi connectivity index (χ4v) is 1.36. The molecule has 0 aliphatic carbocycles. The van der Waals surface area contributed by atoms with Crippen LogP contribution in [-0.4, -0.2) is 17.8 Å². The lowest BCUT2D eigenvalue weighted by Gasteiger charge is -2.01. The molecule has 0 saturated heterocycles. The molecule has 1 N–H and O–H groups in total. The van der Waals surface area contributed by atoms with Crippen LogP contribution in [0.5, 0.6) is 0 Å². The molecule has 2 rings (SSSR count). The van der Waals surface area contributed by atoms with Crippen molar-refractivity contribution in [2.24, 2.45) is 0 Å². The van der Waals surface area contributed by atoms with Gasteiger partial charge in [-0.25, -0.2) is 9.37 Å². The summed E-state index contributed by atoms with van der Waals surface area (Å²) in [5, 5.41) is -0.0511. The average Bonchev–Trinajstić information content (AvgIpc) is 1.99. The lowest BCUT2D eigenvalue weighted by atomic mass is 9.95. The Bertz CT molecular complexity index is 559. The maximum absolute atomic E-state index is 13.3. The zero-order chi connectivity index (χ0) is 10.3. The van der Waals surface area contributed by atoms with Crippen molar-refractivity contribution in [3.8, 4) is 0 Å². The van der Waals surface area contributed by atoms with Crippen LogP contribution in [0.2, 0.25) is 0 Å². The third kappa shape index (κ3) is 1.30. The number of H-pyrrole nitrogens is 1. The molecule has 0 saturated carbocycles. The second-order valence-electron chi connectivity index (χ2n) is 3.05. The topological polar surface area (TPSA) is 45.8 Å². The highest BCUT2D eigenvalue weighted by atomic mass is 19.1. The van der Waals surface area contributed by atoms with Crippen LogP contribution in [0.25, 0.3) is 10.9 Å². The van der Waals surface area contributed by atoms with E-state index in [4.69, 9.17) is 7.85 Å². The Morgan fingerprint density at radius 2 is 2.21 bits per heavy atom. The van der Waals surface area contributed by atoms with Crippen LogP contribution in [0.4, 0.5) is 4.39 Å². The van der Waals surface area contributed by atoms with E-state index < -0.39 is 11.4 Å². The summed E-state index contributed by atoms with van der Waals surface area (Å²) in [6.45, 7) is 1.63. The minimum atomic E-state index is -0.645. The first kappa shape index (κ1) is 8.93. The summed E-state index contributed by atoms with van der Waals surface area (Å²) in [7, 11) is 5.43. The van der Waals surface area contributed by atoms with E-state index in [9.17, 15) is 9.18 Å². The van der Waals surface area contributed by atoms with Crippen molar-refractivity contribution in [3.05, 3.63) is 34.1 Å². The summed E-state index contributed by atoms with van der Waals surface area (Å²) in [5.41, 5.74) is 0.0567. The van der Waals surface area contributed by atoms with Gasteiger partial charge in [-0.3, -0.25) is 4.79 Å². The molecule has 14 heavy (non-hydrogen) atoms. The van der Waals surface area contributed by atoms with Crippen molar-refractivity contribution in [2.45, 2.75) is 6.92 Å². The van der Waals surface area contributed by atoms with Crippen molar-refractivity contribution in [3.63, 3.8) is 0 Å². The molecule has 0 amide bonds. The number of halogens is 1. The average molecular weight is 188 g/mol. The first-order chi connectivity index (χ1) is 6.58. The van der Waals surface area contributed by atoms with Gasteiger partial charge in [0.2, 0.25) is 0 Å². The number of aromatic nitrogens is 2. The lowest BCUT2D eigenvalue weighted by Crippen LogP contribution is -2.14. The molecule has 0 bridgehead atoms. The number of nitrogens with one attached hydrogen (secondary N) is 1. The van der Waals surface area contributed by atoms with E-state index in [1.807, 2.05) is 0 Å². The number of aryl methyl sites for hydroxylation is 1. The van der Waals surface area contributed by atoms with Crippen molar-refractivity contribution in [1.29, 1.82) is 0 Å². The Hall–Kier alpha value is -1.65. The molecular formula is C9H6BFN2O. The van der Waals surface area contributed by atoms with E-state index in [-0.39, 0.29) is 16.4 Å². The highest BCUT2D eigenvalue weighted by Gasteiger charge is 2.07. The Morgan fingerprint density at radius 1 is 1.50 bits per heavy atom. The third-order valence-corrected chi connectivity index (χ3v) is 1.90. The highest BCUT2D eigenvalue weighted by Crippen LogP contribution is 2.08. The molecular weight excluding hydrogens is 182 g/mol. The molecule has 2 aromatic rings. The van der Waals surface area contributed by atoms with Gasteiger partial charge in [-0.1, -0.05) is 5.46 Å². The van der Waals surface area contributed by atoms with Gasteiger partial charge in [0, 0.05) is 0 Å². The minimum Gasteiger partial charge on any atom is -0.310 e. The second kappa shape index (κ2) is 2.94. The molecule has 0 aliphatic rings. The van der Waals surface area contributed by atoms with E-state index >= 15 is 0 Å². The molecule has 1 aromatic heterocycles. The number of hydrogen-bond acceptors (Lipinski definition) is 2. The normalized spacial score (nSPS) is 10.7. The van der Waals surface area contributed by atoms with Gasteiger partial charge in [-0.15, -0.1) is 0 Å². The number of aromatic amines is 1. The van der Waals surface area contributed by atoms with Crippen molar-refractivity contribution in [2.75, 3.05) is 0 Å². The molecule has 0 atom stereocenters. The fourth-order valence-electron chi connectivity index (χ4n) is 1.36. The number of rotatable bonds is 0. The Kier molecular flexibility index (Phi) is 1.87. The van der Waals surface area contributed by atoms with Crippen LogP contribution in [0.1, 0.15) is 5.82 Å². The molecule has 0 fully saturated rings. The first-order valence-electron chi connectivity index (χ1n) is 4.03. The van der Waals surface area contributed by atoms with Crippen LogP contribution in [0.15, 0.2) is 16.9 Å². The van der Waals surface area contributed by atoms with Gasteiger partial charge in [0.25, 0.3) is 5.56 Å². The van der Waals surface area contributed by atoms with Crippen molar-refractivity contribution >= 4 is 24.2 Å². The van der Waals surface area contributed by atoms with E-state index in [1.54, 1.807) is 6.92 Å². The maximum Gasteiger partial charge on any atom is 0.261 e. The third-order valence-electron chi connectivity index (χ3n) is 1.90. The SMILES string of the molecule is [B]c1cc(F)c2c(=O)[nH]c(C)nc2c1. The summed E-state index contributed by atoms with van der Waals surface area (Å²) in [4.78, 5) is 17.8. The minimum absolute atomic E-state index is 0.0511. The molecule has 2 radical (unpaired) electrons. The molecule has 1 heterocycles. The van der Waals surface area contributed by atoms with Crippen LogP contribution < -0.4 is 11.0 Å². The Balaban J connectivity index is 3.02. The number of hydrogen-bond donors (Lipinski definition) is 1. The zero-order valence-corrected chi connectivity index (χ0v) is 7.47. The Labute approximate surface area is 80.4 Å². The summed E-state index contributed by atoms with van der Waals surface area (Å²) in [5.74, 6) is -0.207. The molecule has 0 aliphatic heterocycles. The first-order valence-corrected chi connectivity index (χ1v) is 4.03. The van der Waals surface area contributed by atoms with Crippen LogP contribution in [-0.2, 0) is 0 Å². The smallest absolute Gasteiger partial charge is 0.261 e. The standard InChI is InChI=1S/C9H6BFN2O/c1-4-12-7-3-5(10)2-6(11)8(7)9(14)13-4/h2-3H,1H3,(H,12,13,14). The zero-order valence-electron chi connectivity index (χ0n) is 7.47. The summed E-state index contributed by atoms with van der Waals surface area (Å²) in [6.07, 6.45) is 0. The number of fused-ring (bicyclic) bond motifs is 1. The van der Waals surface area contributed by atoms with E-state index in [1.165, 1.54) is 6.07 Å². The van der Waals surface area contributed by atoms with E-state index in [2.05, 4.69) is 9.97 Å². The maximum atomic E-state index is 13.3. The van der Waals surface area contributed by atoms with Gasteiger partial charge in [0.1, 0.15) is 24.9 Å². The number of nitrogens with zero attached hydrogens (tertiary/aromatic N) is 1. The van der Waals surface area contributed by atoms with Crippen molar-refractivity contribution < 1.29 is 4.39 Å². The summed E-state index contributed by atoms with van der Waals surface area (Å²) < 4.78 is 13.3. The molecule has 5 heteroatoms. The molecule has 3 nitrogen and oxygen atoms in total.